The Labute approximate surface area is 211 Å². The van der Waals surface area contributed by atoms with Gasteiger partial charge in [0, 0.05) is 23.7 Å². The van der Waals surface area contributed by atoms with E-state index >= 15 is 0 Å². The van der Waals surface area contributed by atoms with Crippen molar-refractivity contribution in [3.8, 4) is 23.3 Å². The molecule has 36 heavy (non-hydrogen) atoms. The van der Waals surface area contributed by atoms with Crippen molar-refractivity contribution < 1.29 is 24.5 Å². The van der Waals surface area contributed by atoms with Gasteiger partial charge in [-0.2, -0.15) is 0 Å². The van der Waals surface area contributed by atoms with Gasteiger partial charge in [0.2, 0.25) is 0 Å². The Morgan fingerprint density at radius 3 is 2.61 bits per heavy atom. The van der Waals surface area contributed by atoms with Crippen molar-refractivity contribution in [2.24, 2.45) is 11.8 Å². The number of ether oxygens (including phenoxy) is 2. The molecule has 1 fully saturated rings. The molecule has 2 heterocycles. The summed E-state index contributed by atoms with van der Waals surface area (Å²) in [5.74, 6) is 6.53. The van der Waals surface area contributed by atoms with E-state index in [4.69, 9.17) is 9.47 Å². The zero-order chi connectivity index (χ0) is 25.5. The average molecular weight is 489 g/mol. The van der Waals surface area contributed by atoms with Gasteiger partial charge in [0.1, 0.15) is 11.5 Å². The number of likely N-dealkylation sites (tertiary alicyclic amines) is 1. The minimum Gasteiger partial charge on any atom is -0.497 e. The predicted molar refractivity (Wildman–Crippen MR) is 138 cm³/mol. The average Bonchev–Trinajstić information content (AvgIpc) is 2.91. The predicted octanol–water partition coefficient (Wildman–Crippen LogP) is 4.14. The summed E-state index contributed by atoms with van der Waals surface area (Å²) in [5.41, 5.74) is 2.48. The van der Waals surface area contributed by atoms with Crippen LogP contribution in [0, 0.1) is 23.7 Å². The first-order valence-corrected chi connectivity index (χ1v) is 12.2. The van der Waals surface area contributed by atoms with E-state index in [9.17, 15) is 15.0 Å². The van der Waals surface area contributed by atoms with Crippen molar-refractivity contribution >= 4 is 16.9 Å². The molecule has 1 aromatic heterocycles. The lowest BCUT2D eigenvalue weighted by molar-refractivity contribution is -0.146. The van der Waals surface area contributed by atoms with Gasteiger partial charge in [-0.25, -0.2) is 0 Å². The van der Waals surface area contributed by atoms with E-state index in [2.05, 4.69) is 21.7 Å². The first-order valence-electron chi connectivity index (χ1n) is 12.2. The number of methoxy groups -OCH3 is 2. The first-order chi connectivity index (χ1) is 17.5. The third kappa shape index (κ3) is 6.14. The molecule has 0 amide bonds. The molecule has 7 nitrogen and oxygen atoms in total. The molecule has 1 saturated heterocycles. The monoisotopic (exact) mass is 488 g/mol. The molecule has 2 aromatic carbocycles. The minimum absolute atomic E-state index is 0.00517. The van der Waals surface area contributed by atoms with Crippen molar-refractivity contribution in [2.45, 2.75) is 25.4 Å². The maximum Gasteiger partial charge on any atom is 0.308 e. The number of aliphatic hydroxyl groups is 1. The number of hydrogen-bond acceptors (Lipinski definition) is 6. The van der Waals surface area contributed by atoms with E-state index in [-0.39, 0.29) is 5.92 Å². The topological polar surface area (TPSA) is 92.1 Å². The molecule has 1 aliphatic rings. The first kappa shape index (κ1) is 25.5. The number of rotatable bonds is 8. The number of hydrogen-bond donors (Lipinski definition) is 2. The number of piperidine rings is 1. The zero-order valence-electron chi connectivity index (χ0n) is 20.7. The van der Waals surface area contributed by atoms with Gasteiger partial charge < -0.3 is 19.7 Å². The molecule has 4 rings (SSSR count). The number of pyridine rings is 1. The van der Waals surface area contributed by atoms with Crippen LogP contribution in [-0.2, 0) is 4.79 Å². The van der Waals surface area contributed by atoms with E-state index in [1.165, 1.54) is 0 Å². The van der Waals surface area contributed by atoms with E-state index in [1.807, 2.05) is 48.5 Å². The van der Waals surface area contributed by atoms with Gasteiger partial charge in [-0.1, -0.05) is 11.8 Å². The summed E-state index contributed by atoms with van der Waals surface area (Å²) in [5, 5.41) is 21.7. The highest BCUT2D eigenvalue weighted by molar-refractivity contribution is 5.83. The molecular formula is C29H32N2O5. The van der Waals surface area contributed by atoms with Crippen LogP contribution in [0.15, 0.2) is 54.7 Å². The van der Waals surface area contributed by atoms with Crippen molar-refractivity contribution in [3.63, 3.8) is 0 Å². The zero-order valence-corrected chi connectivity index (χ0v) is 20.7. The second kappa shape index (κ2) is 11.9. The van der Waals surface area contributed by atoms with Gasteiger partial charge in [0.25, 0.3) is 0 Å². The maximum atomic E-state index is 12.1. The van der Waals surface area contributed by atoms with Crippen LogP contribution in [0.1, 0.15) is 36.5 Å². The summed E-state index contributed by atoms with van der Waals surface area (Å²) in [6.45, 7) is 1.77. The fourth-order valence-corrected chi connectivity index (χ4v) is 4.86. The van der Waals surface area contributed by atoms with Gasteiger partial charge in [0.15, 0.2) is 0 Å². The molecule has 1 unspecified atom stereocenters. The quantitative estimate of drug-likeness (QED) is 0.461. The molecule has 0 saturated carbocycles. The number of carboxylic acid groups (broad SMARTS) is 1. The summed E-state index contributed by atoms with van der Waals surface area (Å²) in [7, 11) is 3.24. The van der Waals surface area contributed by atoms with Crippen LogP contribution in [0.4, 0.5) is 0 Å². The molecule has 2 N–H and O–H groups in total. The number of aliphatic hydroxyl groups excluding tert-OH is 1. The van der Waals surface area contributed by atoms with Gasteiger partial charge in [0.05, 0.1) is 38.3 Å². The van der Waals surface area contributed by atoms with Crippen molar-refractivity contribution in [1.82, 2.24) is 9.88 Å². The van der Waals surface area contributed by atoms with Crippen LogP contribution in [0.2, 0.25) is 0 Å². The SMILES string of the molecule is COc1ccc(C#CCN2CC[C@@H](CCC(O)c3ccnc4ccc(OC)cc34)[C@@H](C(=O)O)C2)cc1. The van der Waals surface area contributed by atoms with Crippen LogP contribution in [-0.4, -0.2) is 59.9 Å². The van der Waals surface area contributed by atoms with Crippen molar-refractivity contribution in [3.05, 3.63) is 65.9 Å². The smallest absolute Gasteiger partial charge is 0.308 e. The molecule has 188 valence electrons. The number of aliphatic carboxylic acids is 1. The summed E-state index contributed by atoms with van der Waals surface area (Å²) < 4.78 is 10.5. The number of benzene rings is 2. The molecule has 7 heteroatoms. The Hall–Kier alpha value is -3.60. The lowest BCUT2D eigenvalue weighted by Crippen LogP contribution is -2.44. The third-order valence-electron chi connectivity index (χ3n) is 6.93. The number of carbonyl (C=O) groups is 1. The van der Waals surface area contributed by atoms with Gasteiger partial charge in [-0.05, 0) is 85.8 Å². The fraction of sp³-hybridized carbons (Fsp3) is 0.379. The molecule has 0 aliphatic carbocycles. The van der Waals surface area contributed by atoms with Crippen molar-refractivity contribution in [1.29, 1.82) is 0 Å². The molecular weight excluding hydrogens is 456 g/mol. The highest BCUT2D eigenvalue weighted by Gasteiger charge is 2.34. The molecule has 0 bridgehead atoms. The van der Waals surface area contributed by atoms with Gasteiger partial charge in [-0.15, -0.1) is 0 Å². The Morgan fingerprint density at radius 1 is 1.14 bits per heavy atom. The van der Waals surface area contributed by atoms with E-state index in [0.717, 1.165) is 40.7 Å². The molecule has 3 atom stereocenters. The minimum atomic E-state index is -0.790. The van der Waals surface area contributed by atoms with E-state index < -0.39 is 18.0 Å². The van der Waals surface area contributed by atoms with Crippen LogP contribution in [0.3, 0.4) is 0 Å². The van der Waals surface area contributed by atoms with Crippen LogP contribution in [0.25, 0.3) is 10.9 Å². The summed E-state index contributed by atoms with van der Waals surface area (Å²) in [4.78, 5) is 18.5. The number of aromatic nitrogens is 1. The van der Waals surface area contributed by atoms with E-state index in [0.29, 0.717) is 31.7 Å². The highest BCUT2D eigenvalue weighted by Crippen LogP contribution is 2.33. The highest BCUT2D eigenvalue weighted by atomic mass is 16.5. The van der Waals surface area contributed by atoms with Crippen molar-refractivity contribution in [2.75, 3.05) is 33.9 Å². The molecule has 0 spiro atoms. The number of carboxylic acids is 1. The summed E-state index contributed by atoms with van der Waals surface area (Å²) in [6.07, 6.45) is 2.88. The van der Waals surface area contributed by atoms with Crippen LogP contribution >= 0.6 is 0 Å². The summed E-state index contributed by atoms with van der Waals surface area (Å²) >= 11 is 0. The van der Waals surface area contributed by atoms with Gasteiger partial charge >= 0.3 is 5.97 Å². The maximum absolute atomic E-state index is 12.1. The fourth-order valence-electron chi connectivity index (χ4n) is 4.86. The Morgan fingerprint density at radius 2 is 1.89 bits per heavy atom. The van der Waals surface area contributed by atoms with Gasteiger partial charge in [-0.3, -0.25) is 14.7 Å². The Kier molecular flexibility index (Phi) is 8.42. The molecule has 0 radical (unpaired) electrons. The largest absolute Gasteiger partial charge is 0.497 e. The lowest BCUT2D eigenvalue weighted by Gasteiger charge is -2.36. The Bertz CT molecular complexity index is 1250. The standard InChI is InChI=1S/C29H32N2O5/c1-35-22-8-5-20(6-9-22)4-3-16-31-17-14-21(26(19-31)29(33)34)7-12-28(32)24-13-15-30-27-11-10-23(36-2)18-25(24)27/h5-6,8-11,13,15,18,21,26,28,32H,7,12,14,16-17,19H2,1-2H3,(H,33,34)/t21-,26+,28?/m1/s1. The molecule has 1 aliphatic heterocycles. The third-order valence-corrected chi connectivity index (χ3v) is 6.93. The lowest BCUT2D eigenvalue weighted by atomic mass is 9.81. The van der Waals surface area contributed by atoms with Crippen LogP contribution < -0.4 is 9.47 Å². The Balaban J connectivity index is 1.36. The summed E-state index contributed by atoms with van der Waals surface area (Å²) in [6, 6.07) is 15.0. The number of fused-ring (bicyclic) bond motifs is 1. The van der Waals surface area contributed by atoms with E-state index in [1.54, 1.807) is 20.4 Å². The second-order valence-electron chi connectivity index (χ2n) is 9.14. The normalized spacial score (nSPS) is 18.8. The molecule has 3 aromatic rings. The van der Waals surface area contributed by atoms with Crippen LogP contribution in [0.5, 0.6) is 11.5 Å². The second-order valence-corrected chi connectivity index (χ2v) is 9.14. The number of nitrogens with zero attached hydrogens (tertiary/aromatic N) is 2.